The number of nitrogens with zero attached hydrogens (tertiary/aromatic N) is 2. The Morgan fingerprint density at radius 2 is 1.94 bits per heavy atom. The molecule has 0 aliphatic carbocycles. The molecule has 0 spiro atoms. The van der Waals surface area contributed by atoms with Crippen LogP contribution in [0.1, 0.15) is 20.8 Å². The highest BCUT2D eigenvalue weighted by Gasteiger charge is 2.14. The van der Waals surface area contributed by atoms with Crippen LogP contribution >= 0.6 is 11.6 Å². The van der Waals surface area contributed by atoms with Gasteiger partial charge in [-0.1, -0.05) is 29.2 Å². The Labute approximate surface area is 107 Å². The molecule has 0 atom stereocenters. The molecule has 0 fully saturated rings. The molecule has 0 aliphatic heterocycles. The molecule has 0 bridgehead atoms. The normalized spacial score (nSPS) is 11.8. The summed E-state index contributed by atoms with van der Waals surface area (Å²) in [5, 5.41) is 3.55. The number of para-hydroxylation sites is 1. The van der Waals surface area contributed by atoms with E-state index < -0.39 is 0 Å². The minimum absolute atomic E-state index is 0.119. The average Bonchev–Trinajstić information content (AvgIpc) is 2.19. The van der Waals surface area contributed by atoms with Gasteiger partial charge in [0.15, 0.2) is 11.0 Å². The maximum absolute atomic E-state index is 6.09. The van der Waals surface area contributed by atoms with E-state index in [4.69, 9.17) is 19.4 Å². The van der Waals surface area contributed by atoms with E-state index in [1.54, 1.807) is 6.07 Å². The molecule has 2 rings (SSSR count). The molecule has 0 amide bonds. The van der Waals surface area contributed by atoms with E-state index >= 15 is 0 Å². The van der Waals surface area contributed by atoms with Crippen molar-refractivity contribution >= 4 is 41.8 Å². The molecule has 1 aromatic carbocycles. The van der Waals surface area contributed by atoms with Crippen molar-refractivity contribution in [1.29, 1.82) is 0 Å². The lowest BCUT2D eigenvalue weighted by Gasteiger charge is -2.22. The number of nitrogens with one attached hydrogen (secondary N) is 1. The molecular formula is C12H13BClN3. The Morgan fingerprint density at radius 1 is 1.24 bits per heavy atom. The summed E-state index contributed by atoms with van der Waals surface area (Å²) >= 11 is 6.09. The summed E-state index contributed by atoms with van der Waals surface area (Å²) in [5.41, 5.74) is 1.84. The molecule has 86 valence electrons. The molecule has 2 aromatic rings. The summed E-state index contributed by atoms with van der Waals surface area (Å²) in [4.78, 5) is 8.71. The van der Waals surface area contributed by atoms with E-state index in [2.05, 4.69) is 15.3 Å². The van der Waals surface area contributed by atoms with Crippen LogP contribution in [0.15, 0.2) is 18.2 Å². The maximum atomic E-state index is 6.09. The quantitative estimate of drug-likeness (QED) is 0.784. The molecule has 1 aromatic heterocycles. The molecule has 2 radical (unpaired) electrons. The van der Waals surface area contributed by atoms with E-state index in [1.165, 1.54) is 0 Å². The summed E-state index contributed by atoms with van der Waals surface area (Å²) in [5.74, 6) is 0.581. The number of fused-ring (bicyclic) bond motifs is 1. The second kappa shape index (κ2) is 4.19. The van der Waals surface area contributed by atoms with Crippen molar-refractivity contribution in [1.82, 2.24) is 9.97 Å². The van der Waals surface area contributed by atoms with Gasteiger partial charge in [-0.15, -0.1) is 0 Å². The van der Waals surface area contributed by atoms with Gasteiger partial charge in [-0.05, 0) is 26.8 Å². The fourth-order valence-corrected chi connectivity index (χ4v) is 1.69. The largest absolute Gasteiger partial charge is 0.363 e. The van der Waals surface area contributed by atoms with Crippen LogP contribution in [0.2, 0.25) is 5.15 Å². The third-order valence-electron chi connectivity index (χ3n) is 2.18. The molecule has 0 aliphatic rings. The van der Waals surface area contributed by atoms with Crippen LogP contribution < -0.4 is 10.8 Å². The monoisotopic (exact) mass is 245 g/mol. The molecule has 1 heterocycles. The van der Waals surface area contributed by atoms with Gasteiger partial charge in [0.2, 0.25) is 0 Å². The Bertz CT molecular complexity index is 563. The zero-order valence-electron chi connectivity index (χ0n) is 10.1. The van der Waals surface area contributed by atoms with Crippen molar-refractivity contribution in [2.24, 2.45) is 0 Å². The first-order valence-electron chi connectivity index (χ1n) is 5.37. The maximum Gasteiger partial charge on any atom is 0.172 e. The van der Waals surface area contributed by atoms with Crippen LogP contribution in [0.3, 0.4) is 0 Å². The second-order valence-corrected chi connectivity index (χ2v) is 5.31. The van der Waals surface area contributed by atoms with E-state index in [1.807, 2.05) is 32.9 Å². The lowest BCUT2D eigenvalue weighted by Crippen LogP contribution is -2.27. The van der Waals surface area contributed by atoms with Gasteiger partial charge in [0.1, 0.15) is 7.85 Å². The van der Waals surface area contributed by atoms with E-state index in [0.29, 0.717) is 22.0 Å². The van der Waals surface area contributed by atoms with E-state index in [0.717, 1.165) is 5.52 Å². The summed E-state index contributed by atoms with van der Waals surface area (Å²) in [6.45, 7) is 6.11. The summed E-state index contributed by atoms with van der Waals surface area (Å²) < 4.78 is 0. The number of aromatic nitrogens is 2. The van der Waals surface area contributed by atoms with Crippen LogP contribution in [0.5, 0.6) is 0 Å². The highest BCUT2D eigenvalue weighted by molar-refractivity contribution is 6.38. The summed E-state index contributed by atoms with van der Waals surface area (Å²) in [6, 6.07) is 5.49. The van der Waals surface area contributed by atoms with Crippen LogP contribution in [0.4, 0.5) is 5.82 Å². The predicted octanol–water partition coefficient (Wildman–Crippen LogP) is 2.29. The topological polar surface area (TPSA) is 37.8 Å². The van der Waals surface area contributed by atoms with Gasteiger partial charge in [-0.2, -0.15) is 0 Å². The number of benzene rings is 1. The molecule has 0 saturated heterocycles. The Kier molecular flexibility index (Phi) is 3.00. The molecule has 0 unspecified atom stereocenters. The van der Waals surface area contributed by atoms with Gasteiger partial charge in [0.05, 0.1) is 11.0 Å². The van der Waals surface area contributed by atoms with Gasteiger partial charge in [0, 0.05) is 5.54 Å². The van der Waals surface area contributed by atoms with Crippen LogP contribution in [0.25, 0.3) is 11.0 Å². The number of anilines is 1. The zero-order chi connectivity index (χ0) is 12.6. The lowest BCUT2D eigenvalue weighted by molar-refractivity contribution is 0.630. The molecular weight excluding hydrogens is 232 g/mol. The number of hydrogen-bond acceptors (Lipinski definition) is 3. The number of halogens is 1. The van der Waals surface area contributed by atoms with Gasteiger partial charge in [-0.25, -0.2) is 9.97 Å². The fourth-order valence-electron chi connectivity index (χ4n) is 1.51. The third-order valence-corrected chi connectivity index (χ3v) is 2.44. The first-order valence-corrected chi connectivity index (χ1v) is 5.74. The molecule has 0 saturated carbocycles. The van der Waals surface area contributed by atoms with Crippen LogP contribution in [0, 0.1) is 0 Å². The molecule has 1 N–H and O–H groups in total. The van der Waals surface area contributed by atoms with Gasteiger partial charge in [0.25, 0.3) is 0 Å². The van der Waals surface area contributed by atoms with Crippen molar-refractivity contribution < 1.29 is 0 Å². The standard InChI is InChI=1S/C12H13BClN3/c1-12(2,3)17-11-10(14)16-9-7(13)5-4-6-8(9)15-11/h4-6H,1-3H3,(H,15,17). The van der Waals surface area contributed by atoms with Gasteiger partial charge >= 0.3 is 0 Å². The van der Waals surface area contributed by atoms with Crippen molar-refractivity contribution in [2.75, 3.05) is 5.32 Å². The minimum atomic E-state index is -0.119. The zero-order valence-corrected chi connectivity index (χ0v) is 10.8. The summed E-state index contributed by atoms with van der Waals surface area (Å²) in [7, 11) is 5.82. The highest BCUT2D eigenvalue weighted by Crippen LogP contribution is 2.22. The van der Waals surface area contributed by atoms with Gasteiger partial charge in [-0.3, -0.25) is 0 Å². The predicted molar refractivity (Wildman–Crippen MR) is 73.3 cm³/mol. The highest BCUT2D eigenvalue weighted by atomic mass is 35.5. The Balaban J connectivity index is 2.56. The first kappa shape index (κ1) is 12.2. The second-order valence-electron chi connectivity index (χ2n) is 4.95. The van der Waals surface area contributed by atoms with Crippen LogP contribution in [-0.4, -0.2) is 23.4 Å². The van der Waals surface area contributed by atoms with Crippen molar-refractivity contribution in [3.05, 3.63) is 23.4 Å². The molecule has 3 nitrogen and oxygen atoms in total. The smallest absolute Gasteiger partial charge is 0.172 e. The summed E-state index contributed by atoms with van der Waals surface area (Å²) in [6.07, 6.45) is 0. The van der Waals surface area contributed by atoms with E-state index in [9.17, 15) is 0 Å². The fraction of sp³-hybridized carbons (Fsp3) is 0.333. The Hall–Kier alpha value is -1.29. The van der Waals surface area contributed by atoms with Crippen molar-refractivity contribution in [3.63, 3.8) is 0 Å². The molecule has 5 heteroatoms. The number of rotatable bonds is 1. The lowest BCUT2D eigenvalue weighted by atomic mass is 9.94. The molecule has 17 heavy (non-hydrogen) atoms. The minimum Gasteiger partial charge on any atom is -0.363 e. The SMILES string of the molecule is [B]c1cccc2nc(NC(C)(C)C)c(Cl)nc12. The Morgan fingerprint density at radius 3 is 2.59 bits per heavy atom. The average molecular weight is 246 g/mol. The van der Waals surface area contributed by atoms with Crippen molar-refractivity contribution in [2.45, 2.75) is 26.3 Å². The number of hydrogen-bond donors (Lipinski definition) is 1. The third kappa shape index (κ3) is 2.69. The van der Waals surface area contributed by atoms with E-state index in [-0.39, 0.29) is 5.54 Å². The van der Waals surface area contributed by atoms with Crippen LogP contribution in [-0.2, 0) is 0 Å². The van der Waals surface area contributed by atoms with Gasteiger partial charge < -0.3 is 5.32 Å². The van der Waals surface area contributed by atoms with Crippen molar-refractivity contribution in [3.8, 4) is 0 Å². The first-order chi connectivity index (χ1) is 7.87.